The highest BCUT2D eigenvalue weighted by atomic mass is 16.5. The van der Waals surface area contributed by atoms with Crippen molar-refractivity contribution in [2.45, 2.75) is 12.8 Å². The highest BCUT2D eigenvalue weighted by molar-refractivity contribution is 5.79. The van der Waals surface area contributed by atoms with Crippen LogP contribution in [0.25, 0.3) is 22.2 Å². The molecular formula is C26H21N3O2. The highest BCUT2D eigenvalue weighted by Crippen LogP contribution is 2.44. The fourth-order valence-corrected chi connectivity index (χ4v) is 4.13. The van der Waals surface area contributed by atoms with E-state index in [1.807, 2.05) is 49.4 Å². The third-order valence-electron chi connectivity index (χ3n) is 5.50. The number of amides is 1. The van der Waals surface area contributed by atoms with Crippen molar-refractivity contribution in [3.63, 3.8) is 0 Å². The largest absolute Gasteiger partial charge is 0.449 e. The number of H-pyrrole nitrogens is 1. The Morgan fingerprint density at radius 2 is 1.77 bits per heavy atom. The SMILES string of the molecule is Cc1nc2ccc(C#CCNC(=O)OCC3c4ccccc4-c4ccccc43)cc2[nH]1. The number of fused-ring (bicyclic) bond motifs is 4. The molecule has 1 aliphatic carbocycles. The van der Waals surface area contributed by atoms with Gasteiger partial charge in [-0.2, -0.15) is 0 Å². The summed E-state index contributed by atoms with van der Waals surface area (Å²) >= 11 is 0. The van der Waals surface area contributed by atoms with Gasteiger partial charge in [0.1, 0.15) is 12.4 Å². The van der Waals surface area contributed by atoms with Gasteiger partial charge in [-0.25, -0.2) is 9.78 Å². The molecule has 31 heavy (non-hydrogen) atoms. The molecular weight excluding hydrogens is 386 g/mol. The van der Waals surface area contributed by atoms with Crippen LogP contribution in [0.2, 0.25) is 0 Å². The molecule has 5 rings (SSSR count). The third kappa shape index (κ3) is 3.76. The number of hydrogen-bond acceptors (Lipinski definition) is 3. The summed E-state index contributed by atoms with van der Waals surface area (Å²) in [5.41, 5.74) is 7.55. The zero-order valence-corrected chi connectivity index (χ0v) is 17.1. The summed E-state index contributed by atoms with van der Waals surface area (Å²) in [7, 11) is 0. The van der Waals surface area contributed by atoms with Crippen LogP contribution in [0.4, 0.5) is 4.79 Å². The zero-order chi connectivity index (χ0) is 21.2. The molecule has 4 aromatic rings. The van der Waals surface area contributed by atoms with E-state index in [2.05, 4.69) is 51.4 Å². The van der Waals surface area contributed by atoms with E-state index in [1.165, 1.54) is 22.3 Å². The second-order valence-corrected chi connectivity index (χ2v) is 7.54. The molecule has 152 valence electrons. The molecule has 0 saturated carbocycles. The van der Waals surface area contributed by atoms with Crippen molar-refractivity contribution in [1.82, 2.24) is 15.3 Å². The first-order valence-electron chi connectivity index (χ1n) is 10.2. The second kappa shape index (κ2) is 8.00. The summed E-state index contributed by atoms with van der Waals surface area (Å²) < 4.78 is 5.52. The van der Waals surface area contributed by atoms with Crippen LogP contribution in [-0.4, -0.2) is 29.2 Å². The minimum atomic E-state index is -0.462. The second-order valence-electron chi connectivity index (χ2n) is 7.54. The topological polar surface area (TPSA) is 67.0 Å². The van der Waals surface area contributed by atoms with E-state index in [4.69, 9.17) is 4.74 Å². The van der Waals surface area contributed by atoms with Crippen LogP contribution in [0.3, 0.4) is 0 Å². The standard InChI is InChI=1S/C26H21N3O2/c1-17-28-24-13-12-18(15-25(24)29-17)7-6-14-27-26(30)31-16-23-21-10-4-2-8-19(21)20-9-3-5-11-22(20)23/h2-5,8-13,15,23H,14,16H2,1H3,(H,27,30)(H,28,29). The molecule has 0 aliphatic heterocycles. The molecule has 2 N–H and O–H groups in total. The molecule has 1 amide bonds. The van der Waals surface area contributed by atoms with Gasteiger partial charge in [-0.3, -0.25) is 0 Å². The van der Waals surface area contributed by atoms with Crippen LogP contribution in [0, 0.1) is 18.8 Å². The van der Waals surface area contributed by atoms with Crippen molar-refractivity contribution in [1.29, 1.82) is 0 Å². The van der Waals surface area contributed by atoms with Crippen LogP contribution < -0.4 is 5.32 Å². The van der Waals surface area contributed by atoms with Crippen molar-refractivity contribution >= 4 is 17.1 Å². The van der Waals surface area contributed by atoms with Gasteiger partial charge in [-0.05, 0) is 47.4 Å². The first kappa shape index (κ1) is 19.0. The monoisotopic (exact) mass is 407 g/mol. The first-order valence-corrected chi connectivity index (χ1v) is 10.2. The van der Waals surface area contributed by atoms with Crippen molar-refractivity contribution in [2.75, 3.05) is 13.2 Å². The maximum atomic E-state index is 12.2. The summed E-state index contributed by atoms with van der Waals surface area (Å²) in [6.45, 7) is 2.43. The lowest BCUT2D eigenvalue weighted by atomic mass is 9.98. The quantitative estimate of drug-likeness (QED) is 0.481. The average Bonchev–Trinajstić information content (AvgIpc) is 3.32. The number of aryl methyl sites for hydroxylation is 1. The van der Waals surface area contributed by atoms with E-state index in [0.29, 0.717) is 6.61 Å². The Kier molecular flexibility index (Phi) is 4.89. The molecule has 0 atom stereocenters. The van der Waals surface area contributed by atoms with Gasteiger partial charge in [-0.1, -0.05) is 60.4 Å². The first-order chi connectivity index (χ1) is 15.2. The molecule has 3 aromatic carbocycles. The summed E-state index contributed by atoms with van der Waals surface area (Å²) in [6, 6.07) is 22.4. The number of rotatable bonds is 3. The number of alkyl carbamates (subject to hydrolysis) is 1. The lowest BCUT2D eigenvalue weighted by molar-refractivity contribution is 0.144. The number of aromatic amines is 1. The normalized spacial score (nSPS) is 12.0. The molecule has 0 saturated heterocycles. The van der Waals surface area contributed by atoms with Gasteiger partial charge < -0.3 is 15.0 Å². The molecule has 5 nitrogen and oxygen atoms in total. The maximum absolute atomic E-state index is 12.2. The molecule has 0 spiro atoms. The van der Waals surface area contributed by atoms with Crippen LogP contribution in [0.1, 0.15) is 28.4 Å². The van der Waals surface area contributed by atoms with Gasteiger partial charge in [-0.15, -0.1) is 0 Å². The fraction of sp³-hybridized carbons (Fsp3) is 0.154. The Bertz CT molecular complexity index is 1300. The molecule has 0 fully saturated rings. The van der Waals surface area contributed by atoms with Gasteiger partial charge in [0.15, 0.2) is 0 Å². The van der Waals surface area contributed by atoms with Crippen LogP contribution in [0.5, 0.6) is 0 Å². The number of nitrogens with one attached hydrogen (secondary N) is 2. The van der Waals surface area contributed by atoms with Crippen LogP contribution >= 0.6 is 0 Å². The number of carbonyl (C=O) groups excluding carboxylic acids is 1. The third-order valence-corrected chi connectivity index (χ3v) is 5.50. The fourth-order valence-electron chi connectivity index (χ4n) is 4.13. The van der Waals surface area contributed by atoms with E-state index in [1.54, 1.807) is 0 Å². The number of ether oxygens (including phenoxy) is 1. The number of aromatic nitrogens is 2. The van der Waals surface area contributed by atoms with E-state index in [9.17, 15) is 4.79 Å². The Morgan fingerprint density at radius 3 is 2.52 bits per heavy atom. The van der Waals surface area contributed by atoms with Gasteiger partial charge in [0.2, 0.25) is 0 Å². The molecule has 5 heteroatoms. The lowest BCUT2D eigenvalue weighted by Crippen LogP contribution is -2.26. The summed E-state index contributed by atoms with van der Waals surface area (Å²) in [5.74, 6) is 6.95. The van der Waals surface area contributed by atoms with Crippen molar-refractivity contribution in [2.24, 2.45) is 0 Å². The zero-order valence-electron chi connectivity index (χ0n) is 17.1. The minimum absolute atomic E-state index is 0.0498. The van der Waals surface area contributed by atoms with Crippen molar-refractivity contribution < 1.29 is 9.53 Å². The van der Waals surface area contributed by atoms with E-state index in [-0.39, 0.29) is 12.5 Å². The Balaban J connectivity index is 1.19. The number of imidazole rings is 1. The van der Waals surface area contributed by atoms with Gasteiger partial charge in [0.25, 0.3) is 0 Å². The minimum Gasteiger partial charge on any atom is -0.449 e. The lowest BCUT2D eigenvalue weighted by Gasteiger charge is -2.14. The van der Waals surface area contributed by atoms with Gasteiger partial charge in [0.05, 0.1) is 17.6 Å². The molecule has 1 heterocycles. The van der Waals surface area contributed by atoms with Crippen molar-refractivity contribution in [3.8, 4) is 23.0 Å². The number of hydrogen-bond donors (Lipinski definition) is 2. The Labute approximate surface area is 180 Å². The van der Waals surface area contributed by atoms with Crippen molar-refractivity contribution in [3.05, 3.63) is 89.2 Å². The van der Waals surface area contributed by atoms with Crippen LogP contribution in [0.15, 0.2) is 66.7 Å². The predicted octanol–water partition coefficient (Wildman–Crippen LogP) is 4.76. The smallest absolute Gasteiger partial charge is 0.407 e. The molecule has 0 unspecified atom stereocenters. The highest BCUT2D eigenvalue weighted by Gasteiger charge is 2.28. The van der Waals surface area contributed by atoms with E-state index in [0.717, 1.165) is 22.4 Å². The number of nitrogens with zero attached hydrogens (tertiary/aromatic N) is 1. The van der Waals surface area contributed by atoms with Crippen LogP contribution in [-0.2, 0) is 4.74 Å². The number of benzene rings is 3. The van der Waals surface area contributed by atoms with Gasteiger partial charge >= 0.3 is 6.09 Å². The maximum Gasteiger partial charge on any atom is 0.407 e. The molecule has 1 aliphatic rings. The van der Waals surface area contributed by atoms with Gasteiger partial charge in [0, 0.05) is 11.5 Å². The van der Waals surface area contributed by atoms with E-state index >= 15 is 0 Å². The summed E-state index contributed by atoms with van der Waals surface area (Å²) in [4.78, 5) is 19.8. The molecule has 0 radical (unpaired) electrons. The summed E-state index contributed by atoms with van der Waals surface area (Å²) in [5, 5.41) is 2.71. The molecule has 0 bridgehead atoms. The Hall–Kier alpha value is -4.04. The Morgan fingerprint density at radius 1 is 1.06 bits per heavy atom. The average molecular weight is 407 g/mol. The summed E-state index contributed by atoms with van der Waals surface area (Å²) in [6.07, 6.45) is -0.462. The van der Waals surface area contributed by atoms with E-state index < -0.39 is 6.09 Å². The molecule has 1 aromatic heterocycles. The predicted molar refractivity (Wildman–Crippen MR) is 121 cm³/mol. The number of carbonyl (C=O) groups is 1.